The van der Waals surface area contributed by atoms with Crippen molar-refractivity contribution in [2.75, 3.05) is 0 Å². The van der Waals surface area contributed by atoms with Crippen molar-refractivity contribution in [3.05, 3.63) is 0 Å². The van der Waals surface area contributed by atoms with E-state index < -0.39 is 0 Å². The van der Waals surface area contributed by atoms with Gasteiger partial charge in [0.1, 0.15) is 5.78 Å². The minimum atomic E-state index is 0.459. The molecule has 2 atom stereocenters. The van der Waals surface area contributed by atoms with Crippen LogP contribution in [-0.4, -0.2) is 5.78 Å². The molecule has 52 valence electrons. The highest BCUT2D eigenvalue weighted by Gasteiger charge is 2.21. The van der Waals surface area contributed by atoms with Crippen molar-refractivity contribution >= 4 is 5.78 Å². The molecule has 0 bridgehead atoms. The van der Waals surface area contributed by atoms with E-state index in [2.05, 4.69) is 13.8 Å². The van der Waals surface area contributed by atoms with Crippen molar-refractivity contribution in [3.63, 3.8) is 0 Å². The van der Waals surface area contributed by atoms with Crippen LogP contribution in [0.25, 0.3) is 0 Å². The number of rotatable bonds is 0. The number of Topliss-reactive ketones (excluding diaryl/α,β-unsaturated/α-hetero) is 1. The molecule has 1 fully saturated rings. The first kappa shape index (κ1) is 6.79. The van der Waals surface area contributed by atoms with Crippen LogP contribution in [0, 0.1) is 11.8 Å². The molecule has 1 nitrogen and oxygen atoms in total. The Bertz CT molecular complexity index is 118. The lowest BCUT2D eigenvalue weighted by atomic mass is 9.81. The standard InChI is InChI=1S/C8H14O/c1-6-3-4-8(9)5-7(6)2/h6-7H,3-5H2,1-2H3/t6-,7-/m1/s1. The van der Waals surface area contributed by atoms with Crippen LogP contribution in [0.3, 0.4) is 0 Å². The first-order valence-electron chi connectivity index (χ1n) is 3.72. The van der Waals surface area contributed by atoms with Crippen LogP contribution in [0.1, 0.15) is 33.1 Å². The summed E-state index contributed by atoms with van der Waals surface area (Å²) in [4.78, 5) is 10.8. The molecule has 1 aliphatic rings. The van der Waals surface area contributed by atoms with E-state index in [1.54, 1.807) is 0 Å². The molecule has 0 radical (unpaired) electrons. The van der Waals surface area contributed by atoms with Crippen LogP contribution in [-0.2, 0) is 4.79 Å². The van der Waals surface area contributed by atoms with E-state index in [0.717, 1.165) is 25.2 Å². The zero-order valence-electron chi connectivity index (χ0n) is 6.18. The van der Waals surface area contributed by atoms with Gasteiger partial charge in [-0.25, -0.2) is 0 Å². The van der Waals surface area contributed by atoms with E-state index in [1.165, 1.54) is 0 Å². The highest BCUT2D eigenvalue weighted by Crippen LogP contribution is 2.26. The average Bonchev–Trinajstić information content (AvgIpc) is 1.80. The molecule has 0 amide bonds. The second-order valence-corrected chi connectivity index (χ2v) is 3.24. The lowest BCUT2D eigenvalue weighted by Gasteiger charge is -2.23. The minimum Gasteiger partial charge on any atom is -0.300 e. The third-order valence-electron chi connectivity index (χ3n) is 2.40. The fraction of sp³-hybridized carbons (Fsp3) is 0.875. The van der Waals surface area contributed by atoms with Crippen LogP contribution in [0.5, 0.6) is 0 Å². The summed E-state index contributed by atoms with van der Waals surface area (Å²) in [5.41, 5.74) is 0. The van der Waals surface area contributed by atoms with Gasteiger partial charge in [-0.3, -0.25) is 4.79 Å². The zero-order valence-corrected chi connectivity index (χ0v) is 6.18. The summed E-state index contributed by atoms with van der Waals surface area (Å²) >= 11 is 0. The molecular weight excluding hydrogens is 112 g/mol. The molecule has 0 aromatic heterocycles. The van der Waals surface area contributed by atoms with Gasteiger partial charge in [-0.2, -0.15) is 0 Å². The summed E-state index contributed by atoms with van der Waals surface area (Å²) in [6.45, 7) is 4.40. The highest BCUT2D eigenvalue weighted by atomic mass is 16.1. The van der Waals surface area contributed by atoms with Crippen molar-refractivity contribution in [1.82, 2.24) is 0 Å². The third-order valence-corrected chi connectivity index (χ3v) is 2.40. The summed E-state index contributed by atoms with van der Waals surface area (Å²) in [5.74, 6) is 1.86. The second kappa shape index (κ2) is 2.51. The predicted octanol–water partition coefficient (Wildman–Crippen LogP) is 2.01. The molecule has 0 N–H and O–H groups in total. The van der Waals surface area contributed by atoms with Crippen LogP contribution in [0.4, 0.5) is 0 Å². The molecule has 0 spiro atoms. The average molecular weight is 126 g/mol. The lowest BCUT2D eigenvalue weighted by Crippen LogP contribution is -2.19. The van der Waals surface area contributed by atoms with Gasteiger partial charge in [-0.15, -0.1) is 0 Å². The number of hydrogen-bond acceptors (Lipinski definition) is 1. The topological polar surface area (TPSA) is 17.1 Å². The molecular formula is C8H14O. The van der Waals surface area contributed by atoms with E-state index in [1.807, 2.05) is 0 Å². The van der Waals surface area contributed by atoms with Gasteiger partial charge < -0.3 is 0 Å². The van der Waals surface area contributed by atoms with Gasteiger partial charge in [0.2, 0.25) is 0 Å². The molecule has 9 heavy (non-hydrogen) atoms. The molecule has 0 aromatic carbocycles. The number of ketones is 1. The van der Waals surface area contributed by atoms with Crippen molar-refractivity contribution in [2.45, 2.75) is 33.1 Å². The maximum atomic E-state index is 10.8. The number of hydrogen-bond donors (Lipinski definition) is 0. The van der Waals surface area contributed by atoms with E-state index in [9.17, 15) is 4.79 Å². The summed E-state index contributed by atoms with van der Waals surface area (Å²) < 4.78 is 0. The Kier molecular flexibility index (Phi) is 1.89. The Hall–Kier alpha value is -0.330. The quantitative estimate of drug-likeness (QED) is 0.485. The van der Waals surface area contributed by atoms with Gasteiger partial charge in [-0.05, 0) is 18.3 Å². The predicted molar refractivity (Wildman–Crippen MR) is 37.2 cm³/mol. The molecule has 1 heteroatoms. The highest BCUT2D eigenvalue weighted by molar-refractivity contribution is 5.79. The summed E-state index contributed by atoms with van der Waals surface area (Å²) in [7, 11) is 0. The Balaban J connectivity index is 2.44. The first-order chi connectivity index (χ1) is 4.20. The van der Waals surface area contributed by atoms with Gasteiger partial charge in [0.15, 0.2) is 0 Å². The molecule has 1 saturated carbocycles. The third kappa shape index (κ3) is 1.54. The number of carbonyl (C=O) groups excluding carboxylic acids is 1. The Morgan fingerprint density at radius 2 is 2.00 bits per heavy atom. The van der Waals surface area contributed by atoms with Gasteiger partial charge in [0, 0.05) is 12.8 Å². The zero-order chi connectivity index (χ0) is 6.85. The Morgan fingerprint density at radius 3 is 2.44 bits per heavy atom. The SMILES string of the molecule is C[C@@H]1CCC(=O)C[C@H]1C. The van der Waals surface area contributed by atoms with Crippen molar-refractivity contribution in [3.8, 4) is 0 Å². The van der Waals surface area contributed by atoms with E-state index in [4.69, 9.17) is 0 Å². The van der Waals surface area contributed by atoms with Gasteiger partial charge in [0.25, 0.3) is 0 Å². The van der Waals surface area contributed by atoms with Gasteiger partial charge in [-0.1, -0.05) is 13.8 Å². The second-order valence-electron chi connectivity index (χ2n) is 3.24. The minimum absolute atomic E-state index is 0.459. The Labute approximate surface area is 56.4 Å². The molecule has 0 aromatic rings. The summed E-state index contributed by atoms with van der Waals surface area (Å²) in [6.07, 6.45) is 2.76. The maximum Gasteiger partial charge on any atom is 0.133 e. The summed E-state index contributed by atoms with van der Waals surface area (Å²) in [6, 6.07) is 0. The molecule has 1 rings (SSSR count). The molecule has 1 aliphatic carbocycles. The van der Waals surface area contributed by atoms with Crippen LogP contribution < -0.4 is 0 Å². The molecule has 0 heterocycles. The van der Waals surface area contributed by atoms with Crippen LogP contribution >= 0.6 is 0 Å². The largest absolute Gasteiger partial charge is 0.300 e. The molecule has 0 saturated heterocycles. The fourth-order valence-corrected chi connectivity index (χ4v) is 1.34. The Morgan fingerprint density at radius 1 is 1.33 bits per heavy atom. The fourth-order valence-electron chi connectivity index (χ4n) is 1.34. The maximum absolute atomic E-state index is 10.8. The van der Waals surface area contributed by atoms with Crippen molar-refractivity contribution in [2.24, 2.45) is 11.8 Å². The molecule has 0 unspecified atom stereocenters. The number of carbonyl (C=O) groups is 1. The van der Waals surface area contributed by atoms with Crippen molar-refractivity contribution in [1.29, 1.82) is 0 Å². The molecule has 0 aliphatic heterocycles. The van der Waals surface area contributed by atoms with Crippen LogP contribution in [0.2, 0.25) is 0 Å². The summed E-state index contributed by atoms with van der Waals surface area (Å²) in [5, 5.41) is 0. The monoisotopic (exact) mass is 126 g/mol. The smallest absolute Gasteiger partial charge is 0.133 e. The lowest BCUT2D eigenvalue weighted by molar-refractivity contribution is -0.122. The van der Waals surface area contributed by atoms with E-state index >= 15 is 0 Å². The first-order valence-corrected chi connectivity index (χ1v) is 3.72. The van der Waals surface area contributed by atoms with Gasteiger partial charge >= 0.3 is 0 Å². The van der Waals surface area contributed by atoms with E-state index in [0.29, 0.717) is 11.7 Å². The van der Waals surface area contributed by atoms with Crippen molar-refractivity contribution < 1.29 is 4.79 Å². The van der Waals surface area contributed by atoms with E-state index in [-0.39, 0.29) is 0 Å². The normalized spacial score (nSPS) is 36.9. The van der Waals surface area contributed by atoms with Crippen LogP contribution in [0.15, 0.2) is 0 Å². The van der Waals surface area contributed by atoms with Gasteiger partial charge in [0.05, 0.1) is 0 Å².